The molecule has 0 radical (unpaired) electrons. The minimum Gasteiger partial charge on any atom is -0.492 e. The summed E-state index contributed by atoms with van der Waals surface area (Å²) < 4.78 is 6.11. The first-order valence-electron chi connectivity index (χ1n) is 11.3. The molecule has 168 valence electrons. The molecule has 32 heavy (non-hydrogen) atoms. The van der Waals surface area contributed by atoms with Crippen LogP contribution in [0.15, 0.2) is 54.6 Å². The van der Waals surface area contributed by atoms with E-state index in [0.717, 1.165) is 54.1 Å². The number of alkyl halides is 1. The summed E-state index contributed by atoms with van der Waals surface area (Å²) in [5.41, 5.74) is 4.08. The van der Waals surface area contributed by atoms with Gasteiger partial charge in [-0.2, -0.15) is 0 Å². The highest BCUT2D eigenvalue weighted by Crippen LogP contribution is 2.25. The molecule has 2 heterocycles. The number of carbonyl (C=O) groups is 1. The number of likely N-dealkylation sites (tertiary alicyclic amines) is 1. The van der Waals surface area contributed by atoms with E-state index in [-0.39, 0.29) is 11.8 Å². The summed E-state index contributed by atoms with van der Waals surface area (Å²) in [6.07, 6.45) is 3.39. The van der Waals surface area contributed by atoms with Crippen LogP contribution >= 0.6 is 11.6 Å². The number of fused-ring (bicyclic) bond motifs is 1. The van der Waals surface area contributed by atoms with E-state index in [1.165, 1.54) is 18.4 Å². The lowest BCUT2D eigenvalue weighted by Crippen LogP contribution is -2.37. The van der Waals surface area contributed by atoms with Crippen molar-refractivity contribution in [2.75, 3.05) is 37.4 Å². The first-order chi connectivity index (χ1) is 15.6. The van der Waals surface area contributed by atoms with Crippen molar-refractivity contribution in [3.63, 3.8) is 0 Å². The molecule has 2 aromatic carbocycles. The van der Waals surface area contributed by atoms with Gasteiger partial charge in [0.05, 0.1) is 5.52 Å². The van der Waals surface area contributed by atoms with Gasteiger partial charge in [0.2, 0.25) is 5.91 Å². The molecular formula is C26H30ClN3O2. The van der Waals surface area contributed by atoms with Crippen LogP contribution in [-0.4, -0.2) is 47.9 Å². The van der Waals surface area contributed by atoms with Crippen LogP contribution in [0.25, 0.3) is 10.9 Å². The first kappa shape index (κ1) is 22.6. The van der Waals surface area contributed by atoms with Gasteiger partial charge in [0.1, 0.15) is 18.2 Å². The topological polar surface area (TPSA) is 54.5 Å². The third-order valence-electron chi connectivity index (χ3n) is 6.06. The summed E-state index contributed by atoms with van der Waals surface area (Å²) in [6, 6.07) is 18.3. The highest BCUT2D eigenvalue weighted by Gasteiger charge is 2.19. The molecule has 6 heteroatoms. The Morgan fingerprint density at radius 3 is 2.78 bits per heavy atom. The molecule has 0 saturated carbocycles. The Hall–Kier alpha value is -2.63. The second-order valence-electron chi connectivity index (χ2n) is 8.50. The number of hydrogen-bond donors (Lipinski definition) is 1. The van der Waals surface area contributed by atoms with Gasteiger partial charge in [-0.3, -0.25) is 14.7 Å². The van der Waals surface area contributed by atoms with E-state index < -0.39 is 0 Å². The Kier molecular flexibility index (Phi) is 7.61. The van der Waals surface area contributed by atoms with Crippen molar-refractivity contribution in [3.8, 4) is 5.75 Å². The Bertz CT molecular complexity index is 1060. The van der Waals surface area contributed by atoms with Gasteiger partial charge in [-0.15, -0.1) is 11.6 Å². The predicted octanol–water partition coefficient (Wildman–Crippen LogP) is 5.05. The zero-order chi connectivity index (χ0) is 22.3. The second kappa shape index (κ2) is 10.8. The van der Waals surface area contributed by atoms with Crippen molar-refractivity contribution in [1.29, 1.82) is 0 Å². The molecule has 0 spiro atoms. The van der Waals surface area contributed by atoms with Crippen LogP contribution in [0, 0.1) is 12.8 Å². The van der Waals surface area contributed by atoms with Gasteiger partial charge < -0.3 is 10.1 Å². The van der Waals surface area contributed by atoms with Crippen molar-refractivity contribution in [2.24, 2.45) is 5.92 Å². The second-order valence-corrected chi connectivity index (χ2v) is 8.76. The number of hydrogen-bond acceptors (Lipinski definition) is 4. The Morgan fingerprint density at radius 2 is 1.97 bits per heavy atom. The van der Waals surface area contributed by atoms with E-state index in [4.69, 9.17) is 16.3 Å². The summed E-state index contributed by atoms with van der Waals surface area (Å²) in [7, 11) is 0. The molecule has 5 nitrogen and oxygen atoms in total. The fraction of sp³-hybridized carbons (Fsp3) is 0.385. The maximum Gasteiger partial charge on any atom is 0.239 e. The maximum atomic E-state index is 11.5. The molecule has 4 rings (SSSR count). The van der Waals surface area contributed by atoms with E-state index in [9.17, 15) is 4.79 Å². The monoisotopic (exact) mass is 451 g/mol. The van der Waals surface area contributed by atoms with Crippen LogP contribution < -0.4 is 10.1 Å². The van der Waals surface area contributed by atoms with Crippen molar-refractivity contribution in [1.82, 2.24) is 9.88 Å². The number of pyridine rings is 1. The van der Waals surface area contributed by atoms with E-state index in [1.54, 1.807) is 0 Å². The first-order valence-corrected chi connectivity index (χ1v) is 11.8. The van der Waals surface area contributed by atoms with Gasteiger partial charge in [-0.25, -0.2) is 0 Å². The third kappa shape index (κ3) is 5.99. The molecule has 1 saturated heterocycles. The van der Waals surface area contributed by atoms with Crippen LogP contribution in [0.3, 0.4) is 0 Å². The molecule has 0 aliphatic carbocycles. The van der Waals surface area contributed by atoms with Crippen LogP contribution in [-0.2, 0) is 11.2 Å². The number of amides is 1. The van der Waals surface area contributed by atoms with Gasteiger partial charge in [-0.1, -0.05) is 18.2 Å². The number of ether oxygens (including phenoxy) is 1. The number of nitrogens with one attached hydrogen (secondary N) is 1. The van der Waals surface area contributed by atoms with Gasteiger partial charge in [0.15, 0.2) is 0 Å². The van der Waals surface area contributed by atoms with E-state index in [2.05, 4.69) is 33.4 Å². The molecule has 0 bridgehead atoms. The summed E-state index contributed by atoms with van der Waals surface area (Å²) in [5, 5.41) is 3.90. The Morgan fingerprint density at radius 1 is 1.16 bits per heavy atom. The molecule has 1 aliphatic rings. The molecule has 1 fully saturated rings. The number of rotatable bonds is 8. The lowest BCUT2D eigenvalue weighted by atomic mass is 9.90. The summed E-state index contributed by atoms with van der Waals surface area (Å²) in [6.45, 7) is 5.80. The molecular weight excluding hydrogens is 422 g/mol. The lowest BCUT2D eigenvalue weighted by Gasteiger charge is -2.32. The average molecular weight is 452 g/mol. The molecule has 3 aromatic rings. The predicted molar refractivity (Wildman–Crippen MR) is 131 cm³/mol. The van der Waals surface area contributed by atoms with Crippen molar-refractivity contribution in [2.45, 2.75) is 26.2 Å². The van der Waals surface area contributed by atoms with Gasteiger partial charge in [-0.05, 0) is 87.2 Å². The number of halogens is 1. The van der Waals surface area contributed by atoms with Gasteiger partial charge in [0.25, 0.3) is 0 Å². The molecule has 0 unspecified atom stereocenters. The van der Waals surface area contributed by atoms with Crippen LogP contribution in [0.1, 0.15) is 24.1 Å². The largest absolute Gasteiger partial charge is 0.492 e. The van der Waals surface area contributed by atoms with Crippen LogP contribution in [0.4, 0.5) is 5.69 Å². The summed E-state index contributed by atoms with van der Waals surface area (Å²) in [5.74, 6) is 1.38. The van der Waals surface area contributed by atoms with Crippen molar-refractivity contribution in [3.05, 3.63) is 65.9 Å². The highest BCUT2D eigenvalue weighted by atomic mass is 35.5. The fourth-order valence-electron chi connectivity index (χ4n) is 4.36. The number of aromatic nitrogens is 1. The number of piperidine rings is 1. The molecule has 1 amide bonds. The van der Waals surface area contributed by atoms with Crippen molar-refractivity contribution < 1.29 is 9.53 Å². The number of benzene rings is 2. The van der Waals surface area contributed by atoms with Crippen LogP contribution in [0.5, 0.6) is 5.75 Å². The molecule has 1 aliphatic heterocycles. The maximum absolute atomic E-state index is 11.5. The number of anilines is 1. The number of nitrogens with zero attached hydrogens (tertiary/aromatic N) is 2. The third-order valence-corrected chi connectivity index (χ3v) is 6.30. The molecule has 0 atom stereocenters. The fourth-order valence-corrected chi connectivity index (χ4v) is 4.42. The standard InChI is InChI=1S/C26H30ClN3O2/c1-19-8-9-23-24(28-19)6-3-7-25(23)32-15-14-30-12-10-20(11-13-30)16-21-4-2-5-22(17-21)29-26(31)18-27/h2-9,17,20H,10-16,18H2,1H3,(H,29,31). The zero-order valence-electron chi connectivity index (χ0n) is 18.5. The molecule has 1 N–H and O–H groups in total. The summed E-state index contributed by atoms with van der Waals surface area (Å²) >= 11 is 5.58. The average Bonchev–Trinajstić information content (AvgIpc) is 2.80. The smallest absolute Gasteiger partial charge is 0.239 e. The van der Waals surface area contributed by atoms with Crippen LogP contribution in [0.2, 0.25) is 0 Å². The molecule has 1 aromatic heterocycles. The zero-order valence-corrected chi connectivity index (χ0v) is 19.3. The lowest BCUT2D eigenvalue weighted by molar-refractivity contribution is -0.113. The van der Waals surface area contributed by atoms with Gasteiger partial charge >= 0.3 is 0 Å². The van der Waals surface area contributed by atoms with E-state index in [0.29, 0.717) is 12.5 Å². The minimum absolute atomic E-state index is 0.0243. The van der Waals surface area contributed by atoms with Gasteiger partial charge in [0, 0.05) is 23.3 Å². The number of aryl methyl sites for hydroxylation is 1. The SMILES string of the molecule is Cc1ccc2c(OCCN3CCC(Cc4cccc(NC(=O)CCl)c4)CC3)cccc2n1. The van der Waals surface area contributed by atoms with Crippen molar-refractivity contribution >= 4 is 34.1 Å². The highest BCUT2D eigenvalue weighted by molar-refractivity contribution is 6.29. The summed E-state index contributed by atoms with van der Waals surface area (Å²) in [4.78, 5) is 18.6. The van der Waals surface area contributed by atoms with E-state index >= 15 is 0 Å². The Labute approximate surface area is 194 Å². The number of carbonyl (C=O) groups excluding carboxylic acids is 1. The minimum atomic E-state index is -0.172. The van der Waals surface area contributed by atoms with E-state index in [1.807, 2.05) is 43.3 Å². The normalized spacial score (nSPS) is 15.1. The quantitative estimate of drug-likeness (QED) is 0.487. The Balaban J connectivity index is 1.23.